The summed E-state index contributed by atoms with van der Waals surface area (Å²) in [4.78, 5) is 0.583. The van der Waals surface area contributed by atoms with Gasteiger partial charge in [0.1, 0.15) is 0 Å². The van der Waals surface area contributed by atoms with Gasteiger partial charge in [0.15, 0.2) is 0 Å². The van der Waals surface area contributed by atoms with Gasteiger partial charge in [-0.25, -0.2) is 0 Å². The Morgan fingerprint density at radius 1 is 1.57 bits per heavy atom. The van der Waals surface area contributed by atoms with E-state index in [4.69, 9.17) is 12.6 Å². The summed E-state index contributed by atoms with van der Waals surface area (Å²) in [6, 6.07) is 0. The van der Waals surface area contributed by atoms with Crippen molar-refractivity contribution in [3.8, 4) is 0 Å². The van der Waals surface area contributed by atoms with Gasteiger partial charge in [-0.3, -0.25) is 0 Å². The second-order valence-corrected chi connectivity index (χ2v) is 4.19. The third kappa shape index (κ3) is 6.83. The van der Waals surface area contributed by atoms with E-state index >= 15 is 0 Å². The summed E-state index contributed by atoms with van der Waals surface area (Å²) in [5.74, 6) is 0. The second kappa shape index (κ2) is 3.79. The maximum Gasteiger partial charge on any atom is 0.0133 e. The highest BCUT2D eigenvalue weighted by Crippen LogP contribution is 2.09. The minimum absolute atomic E-state index is 0.411. The molecule has 0 heterocycles. The Morgan fingerprint density at radius 2 is 2.00 bits per heavy atom. The highest BCUT2D eigenvalue weighted by atomic mass is 79.9. The Bertz CT molecular complexity index is 37.3. The largest absolute Gasteiger partial charge is 0.0907 e. The number of hydrogen-bond acceptors (Lipinski definition) is 0. The molecule has 0 rings (SSSR count). The first-order chi connectivity index (χ1) is 3.13. The van der Waals surface area contributed by atoms with E-state index in [1.807, 2.05) is 6.92 Å². The monoisotopic (exact) mass is 181 g/mol. The van der Waals surface area contributed by atoms with E-state index in [1.54, 1.807) is 0 Å². The Hall–Kier alpha value is 0.830. The minimum atomic E-state index is 0.411. The molecule has 0 bridgehead atoms. The molecule has 0 fully saturated rings. The molecule has 0 N–H and O–H groups in total. The summed E-state index contributed by atoms with van der Waals surface area (Å²) in [5.41, 5.74) is 0. The average Bonchev–Trinajstić information content (AvgIpc) is 1.27. The van der Waals surface area contributed by atoms with Crippen molar-refractivity contribution >= 4 is 28.6 Å². The summed E-state index contributed by atoms with van der Waals surface area (Å²) < 4.78 is 0. The van der Waals surface area contributed by atoms with Crippen LogP contribution in [0.15, 0.2) is 0 Å². The van der Waals surface area contributed by atoms with Crippen molar-refractivity contribution in [2.45, 2.75) is 30.3 Å². The third-order valence-electron chi connectivity index (χ3n) is 0.657. The van der Waals surface area contributed by atoms with Crippen LogP contribution in [-0.2, 0) is 0 Å². The fourth-order valence-electron chi connectivity index (χ4n) is 0.457. The van der Waals surface area contributed by atoms with Crippen molar-refractivity contribution in [1.29, 1.82) is 0 Å². The van der Waals surface area contributed by atoms with Crippen LogP contribution in [0.25, 0.3) is 0 Å². The summed E-state index contributed by atoms with van der Waals surface area (Å²) in [6.45, 7) is 4.16. The van der Waals surface area contributed by atoms with Gasteiger partial charge >= 0.3 is 0 Å². The van der Waals surface area contributed by atoms with Gasteiger partial charge in [-0.15, -0.1) is 0 Å². The highest BCUT2D eigenvalue weighted by molar-refractivity contribution is 9.09. The van der Waals surface area contributed by atoms with E-state index in [2.05, 4.69) is 22.9 Å². The molecule has 7 heavy (non-hydrogen) atoms. The van der Waals surface area contributed by atoms with Crippen LogP contribution >= 0.6 is 28.6 Å². The van der Waals surface area contributed by atoms with E-state index in [0.717, 1.165) is 6.42 Å². The van der Waals surface area contributed by atoms with Crippen molar-refractivity contribution in [3.63, 3.8) is 0 Å². The lowest BCUT2D eigenvalue weighted by molar-refractivity contribution is 0.817. The molecule has 0 aromatic heterocycles. The number of rotatable bonds is 2. The minimum Gasteiger partial charge on any atom is -0.0907 e. The zero-order valence-electron chi connectivity index (χ0n) is 4.65. The lowest BCUT2D eigenvalue weighted by Crippen LogP contribution is -1.98. The number of hydrogen-bond donors (Lipinski definition) is 0. The lowest BCUT2D eigenvalue weighted by atomic mass is 10.3. The zero-order chi connectivity index (χ0) is 5.86. The molecule has 0 nitrogen and oxygen atoms in total. The van der Waals surface area contributed by atoms with Crippen LogP contribution in [0.2, 0.25) is 0 Å². The Labute approximate surface area is 59.2 Å². The molecule has 2 unspecified atom stereocenters. The first kappa shape index (κ1) is 7.83. The Balaban J connectivity index is 2.95. The van der Waals surface area contributed by atoms with Gasteiger partial charge in [-0.05, 0) is 6.42 Å². The molecule has 0 saturated carbocycles. The molecule has 0 aliphatic rings. The molecule has 1 radical (unpaired) electrons. The Kier molecular flexibility index (Phi) is 4.24. The van der Waals surface area contributed by atoms with E-state index < -0.39 is 0 Å². The summed E-state index contributed by atoms with van der Waals surface area (Å²) in [6.07, 6.45) is 1.09. The molecule has 0 aromatic rings. The maximum absolute atomic E-state index is 4.93. The molecule has 0 aliphatic heterocycles. The smallest absolute Gasteiger partial charge is 0.0133 e. The molecule has 0 aromatic carbocycles. The zero-order valence-corrected chi connectivity index (χ0v) is 7.05. The summed E-state index contributed by atoms with van der Waals surface area (Å²) >= 11 is 8.33. The fourth-order valence-corrected chi connectivity index (χ4v) is 1.55. The standard InChI is InChI=1S/C5H10BrS/c1-4(6)3-5(2)7/h4-5H,3H2,1-2H3. The maximum atomic E-state index is 4.93. The van der Waals surface area contributed by atoms with Crippen molar-refractivity contribution in [2.75, 3.05) is 0 Å². The lowest BCUT2D eigenvalue weighted by Gasteiger charge is -2.02. The van der Waals surface area contributed by atoms with Crippen LogP contribution < -0.4 is 0 Å². The van der Waals surface area contributed by atoms with Crippen LogP contribution in [-0.4, -0.2) is 10.1 Å². The SMILES string of the molecule is CC([S])CC(C)Br. The second-order valence-electron chi connectivity index (χ2n) is 1.83. The molecular weight excluding hydrogens is 172 g/mol. The van der Waals surface area contributed by atoms with Crippen LogP contribution in [0.5, 0.6) is 0 Å². The molecule has 0 saturated heterocycles. The van der Waals surface area contributed by atoms with Gasteiger partial charge in [-0.2, -0.15) is 0 Å². The van der Waals surface area contributed by atoms with E-state index in [-0.39, 0.29) is 0 Å². The van der Waals surface area contributed by atoms with Crippen molar-refractivity contribution in [3.05, 3.63) is 0 Å². The van der Waals surface area contributed by atoms with Crippen LogP contribution in [0.3, 0.4) is 0 Å². The predicted octanol–water partition coefficient (Wildman–Crippen LogP) is 2.75. The molecule has 0 amide bonds. The van der Waals surface area contributed by atoms with Crippen LogP contribution in [0, 0.1) is 0 Å². The molecule has 0 spiro atoms. The summed E-state index contributed by atoms with van der Waals surface area (Å²) in [7, 11) is 0. The predicted molar refractivity (Wildman–Crippen MR) is 40.1 cm³/mol. The average molecular weight is 182 g/mol. The van der Waals surface area contributed by atoms with Crippen molar-refractivity contribution in [2.24, 2.45) is 0 Å². The van der Waals surface area contributed by atoms with E-state index in [1.165, 1.54) is 0 Å². The third-order valence-corrected chi connectivity index (χ3v) is 1.22. The van der Waals surface area contributed by atoms with Crippen LogP contribution in [0.4, 0.5) is 0 Å². The normalized spacial score (nSPS) is 18.9. The summed E-state index contributed by atoms with van der Waals surface area (Å²) in [5, 5.41) is 0.411. The van der Waals surface area contributed by atoms with Crippen molar-refractivity contribution < 1.29 is 0 Å². The van der Waals surface area contributed by atoms with E-state index in [0.29, 0.717) is 10.1 Å². The van der Waals surface area contributed by atoms with Gasteiger partial charge in [-0.1, -0.05) is 42.4 Å². The van der Waals surface area contributed by atoms with Gasteiger partial charge in [0.25, 0.3) is 0 Å². The molecule has 2 heteroatoms. The molecule has 43 valence electrons. The number of alkyl halides is 1. The first-order valence-corrected chi connectivity index (χ1v) is 3.81. The molecule has 0 aliphatic carbocycles. The molecule has 2 atom stereocenters. The van der Waals surface area contributed by atoms with Gasteiger partial charge < -0.3 is 0 Å². The number of halogens is 1. The topological polar surface area (TPSA) is 0 Å². The fraction of sp³-hybridized carbons (Fsp3) is 1.00. The Morgan fingerprint density at radius 3 is 2.00 bits per heavy atom. The molecular formula is C5H10BrS. The van der Waals surface area contributed by atoms with Gasteiger partial charge in [0.2, 0.25) is 0 Å². The quantitative estimate of drug-likeness (QED) is 0.576. The van der Waals surface area contributed by atoms with Gasteiger partial charge in [0, 0.05) is 10.1 Å². The van der Waals surface area contributed by atoms with Gasteiger partial charge in [0.05, 0.1) is 0 Å². The first-order valence-electron chi connectivity index (χ1n) is 2.43. The van der Waals surface area contributed by atoms with E-state index in [9.17, 15) is 0 Å². The van der Waals surface area contributed by atoms with Crippen molar-refractivity contribution in [1.82, 2.24) is 0 Å². The van der Waals surface area contributed by atoms with Crippen LogP contribution in [0.1, 0.15) is 20.3 Å². The highest BCUT2D eigenvalue weighted by Gasteiger charge is 1.99.